The van der Waals surface area contributed by atoms with E-state index < -0.39 is 0 Å². The zero-order chi connectivity index (χ0) is 16.9. The number of amides is 1. The number of piperidine rings is 1. The minimum Gasteiger partial charge on any atom is -0.348 e. The van der Waals surface area contributed by atoms with E-state index in [1.165, 1.54) is 5.56 Å². The quantitative estimate of drug-likeness (QED) is 0.775. The second-order valence-corrected chi connectivity index (χ2v) is 7.14. The number of rotatable bonds is 2. The van der Waals surface area contributed by atoms with Gasteiger partial charge in [0.15, 0.2) is 5.11 Å². The molecule has 0 aliphatic carbocycles. The molecule has 3 rings (SSSR count). The number of carbonyl (C=O) groups excluding carboxylic acids is 1. The Hall–Kier alpha value is -1.79. The van der Waals surface area contributed by atoms with Crippen molar-refractivity contribution in [2.24, 2.45) is 0 Å². The van der Waals surface area contributed by atoms with Crippen LogP contribution in [0, 0.1) is 0 Å². The zero-order valence-electron chi connectivity index (χ0n) is 13.1. The predicted molar refractivity (Wildman–Crippen MR) is 102 cm³/mol. The summed E-state index contributed by atoms with van der Waals surface area (Å²) in [4.78, 5) is 18.6. The standard InChI is InChI=1S/C18H18BrN3OS/c19-16-7-5-13(6-8-16)17(23)21-18(24)22-10-2-4-15(12-22)14-3-1-9-20-11-14/h1,3,5-9,11,15H,2,4,10,12H2,(H,21,23,24). The summed E-state index contributed by atoms with van der Waals surface area (Å²) in [7, 11) is 0. The summed E-state index contributed by atoms with van der Waals surface area (Å²) >= 11 is 8.81. The highest BCUT2D eigenvalue weighted by Crippen LogP contribution is 2.26. The number of benzene rings is 1. The van der Waals surface area contributed by atoms with Crippen LogP contribution in [0.25, 0.3) is 0 Å². The molecule has 24 heavy (non-hydrogen) atoms. The van der Waals surface area contributed by atoms with Crippen molar-refractivity contribution in [2.75, 3.05) is 13.1 Å². The van der Waals surface area contributed by atoms with Crippen molar-refractivity contribution in [2.45, 2.75) is 18.8 Å². The third-order valence-corrected chi connectivity index (χ3v) is 5.08. The Balaban J connectivity index is 1.62. The molecule has 1 aliphatic rings. The lowest BCUT2D eigenvalue weighted by molar-refractivity contribution is 0.0972. The number of thiocarbonyl (C=S) groups is 1. The molecule has 1 fully saturated rings. The molecule has 0 radical (unpaired) electrons. The molecule has 2 aromatic rings. The van der Waals surface area contributed by atoms with E-state index in [1.54, 1.807) is 18.3 Å². The fourth-order valence-corrected chi connectivity index (χ4v) is 3.42. The summed E-state index contributed by atoms with van der Waals surface area (Å²) in [5.74, 6) is 0.228. The summed E-state index contributed by atoms with van der Waals surface area (Å²) in [5.41, 5.74) is 1.82. The summed E-state index contributed by atoms with van der Waals surface area (Å²) < 4.78 is 0.942. The van der Waals surface area contributed by atoms with Crippen molar-refractivity contribution >= 4 is 39.2 Å². The lowest BCUT2D eigenvalue weighted by Gasteiger charge is -2.34. The van der Waals surface area contributed by atoms with E-state index in [-0.39, 0.29) is 5.91 Å². The molecule has 1 amide bonds. The minimum atomic E-state index is -0.170. The number of aromatic nitrogens is 1. The summed E-state index contributed by atoms with van der Waals surface area (Å²) in [5, 5.41) is 3.34. The predicted octanol–water partition coefficient (Wildman–Crippen LogP) is 3.74. The molecule has 1 N–H and O–H groups in total. The van der Waals surface area contributed by atoms with Crippen molar-refractivity contribution in [3.05, 3.63) is 64.4 Å². The SMILES string of the molecule is O=C(NC(=S)N1CCCC(c2cccnc2)C1)c1ccc(Br)cc1. The Kier molecular flexibility index (Phi) is 5.58. The average Bonchev–Trinajstić information content (AvgIpc) is 2.63. The van der Waals surface area contributed by atoms with Gasteiger partial charge in [-0.15, -0.1) is 0 Å². The third-order valence-electron chi connectivity index (χ3n) is 4.19. The Labute approximate surface area is 155 Å². The van der Waals surface area contributed by atoms with Gasteiger partial charge in [0.25, 0.3) is 5.91 Å². The van der Waals surface area contributed by atoms with Crippen molar-refractivity contribution in [1.29, 1.82) is 0 Å². The molecule has 0 saturated carbocycles. The highest BCUT2D eigenvalue weighted by Gasteiger charge is 2.24. The van der Waals surface area contributed by atoms with Crippen LogP contribution in [0.1, 0.15) is 34.7 Å². The molecule has 1 aromatic heterocycles. The van der Waals surface area contributed by atoms with Crippen molar-refractivity contribution in [3.8, 4) is 0 Å². The van der Waals surface area contributed by atoms with E-state index in [4.69, 9.17) is 12.2 Å². The molecule has 2 heterocycles. The minimum absolute atomic E-state index is 0.170. The lowest BCUT2D eigenvalue weighted by atomic mass is 9.92. The number of nitrogens with zero attached hydrogens (tertiary/aromatic N) is 2. The van der Waals surface area contributed by atoms with Gasteiger partial charge in [0.2, 0.25) is 0 Å². The Morgan fingerprint density at radius 3 is 2.79 bits per heavy atom. The lowest BCUT2D eigenvalue weighted by Crippen LogP contribution is -2.46. The molecule has 124 valence electrons. The molecule has 1 atom stereocenters. The first-order valence-corrected chi connectivity index (χ1v) is 9.09. The fourth-order valence-electron chi connectivity index (χ4n) is 2.90. The van der Waals surface area contributed by atoms with E-state index in [9.17, 15) is 4.79 Å². The van der Waals surface area contributed by atoms with Crippen LogP contribution >= 0.6 is 28.1 Å². The molecule has 0 spiro atoms. The maximum atomic E-state index is 12.3. The highest BCUT2D eigenvalue weighted by molar-refractivity contribution is 9.10. The second kappa shape index (κ2) is 7.85. The van der Waals surface area contributed by atoms with Gasteiger partial charge in [-0.3, -0.25) is 15.1 Å². The molecule has 1 aromatic carbocycles. The van der Waals surface area contributed by atoms with Gasteiger partial charge in [0.05, 0.1) is 0 Å². The number of nitrogens with one attached hydrogen (secondary N) is 1. The van der Waals surface area contributed by atoms with Crippen LogP contribution in [-0.2, 0) is 0 Å². The van der Waals surface area contributed by atoms with Gasteiger partial charge in [0.1, 0.15) is 0 Å². The van der Waals surface area contributed by atoms with Gasteiger partial charge >= 0.3 is 0 Å². The molecular weight excluding hydrogens is 386 g/mol. The maximum absolute atomic E-state index is 12.3. The van der Waals surface area contributed by atoms with Crippen LogP contribution < -0.4 is 5.32 Å². The van der Waals surface area contributed by atoms with Gasteiger partial charge < -0.3 is 4.90 Å². The van der Waals surface area contributed by atoms with Gasteiger partial charge in [-0.1, -0.05) is 22.0 Å². The van der Waals surface area contributed by atoms with Gasteiger partial charge in [-0.2, -0.15) is 0 Å². The summed E-state index contributed by atoms with van der Waals surface area (Å²) in [6, 6.07) is 11.3. The first kappa shape index (κ1) is 17.0. The van der Waals surface area contributed by atoms with Crippen LogP contribution in [0.15, 0.2) is 53.3 Å². The first-order chi connectivity index (χ1) is 11.6. The fraction of sp³-hybridized carbons (Fsp3) is 0.278. The van der Waals surface area contributed by atoms with Crippen LogP contribution in [0.5, 0.6) is 0 Å². The molecule has 4 nitrogen and oxygen atoms in total. The Morgan fingerprint density at radius 1 is 1.29 bits per heavy atom. The zero-order valence-corrected chi connectivity index (χ0v) is 15.5. The molecule has 1 aliphatic heterocycles. The molecule has 1 unspecified atom stereocenters. The van der Waals surface area contributed by atoms with E-state index in [0.29, 0.717) is 16.6 Å². The van der Waals surface area contributed by atoms with Crippen molar-refractivity contribution < 1.29 is 4.79 Å². The van der Waals surface area contributed by atoms with E-state index in [1.807, 2.05) is 24.4 Å². The molecule has 1 saturated heterocycles. The van der Waals surface area contributed by atoms with Crippen molar-refractivity contribution in [3.63, 3.8) is 0 Å². The molecular formula is C18H18BrN3OS. The van der Waals surface area contributed by atoms with Crippen LogP contribution in [0.2, 0.25) is 0 Å². The number of halogens is 1. The topological polar surface area (TPSA) is 45.2 Å². The van der Waals surface area contributed by atoms with Gasteiger partial charge in [-0.05, 0) is 61.0 Å². The maximum Gasteiger partial charge on any atom is 0.257 e. The van der Waals surface area contributed by atoms with Crippen LogP contribution in [0.4, 0.5) is 0 Å². The Morgan fingerprint density at radius 2 is 2.08 bits per heavy atom. The van der Waals surface area contributed by atoms with Crippen LogP contribution in [-0.4, -0.2) is 34.0 Å². The Bertz CT molecular complexity index is 721. The smallest absolute Gasteiger partial charge is 0.257 e. The van der Waals surface area contributed by atoms with Crippen molar-refractivity contribution in [1.82, 2.24) is 15.2 Å². The highest BCUT2D eigenvalue weighted by atomic mass is 79.9. The molecule has 0 bridgehead atoms. The summed E-state index contributed by atoms with van der Waals surface area (Å²) in [6.45, 7) is 1.68. The number of hydrogen-bond donors (Lipinski definition) is 1. The number of likely N-dealkylation sites (tertiary alicyclic amines) is 1. The van der Waals surface area contributed by atoms with E-state index in [0.717, 1.165) is 30.4 Å². The summed E-state index contributed by atoms with van der Waals surface area (Å²) in [6.07, 6.45) is 5.87. The normalized spacial score (nSPS) is 17.4. The number of pyridine rings is 1. The first-order valence-electron chi connectivity index (χ1n) is 7.89. The number of carbonyl (C=O) groups is 1. The second-order valence-electron chi connectivity index (χ2n) is 5.84. The number of hydrogen-bond acceptors (Lipinski definition) is 3. The van der Waals surface area contributed by atoms with Gasteiger partial charge in [-0.25, -0.2) is 0 Å². The van der Waals surface area contributed by atoms with Gasteiger partial charge in [0, 0.05) is 41.4 Å². The average molecular weight is 404 g/mol. The monoisotopic (exact) mass is 403 g/mol. The largest absolute Gasteiger partial charge is 0.348 e. The van der Waals surface area contributed by atoms with Crippen LogP contribution in [0.3, 0.4) is 0 Å². The third kappa shape index (κ3) is 4.19. The molecule has 6 heteroatoms. The van der Waals surface area contributed by atoms with E-state index in [2.05, 4.69) is 37.2 Å². The van der Waals surface area contributed by atoms with E-state index >= 15 is 0 Å².